The minimum atomic E-state index is -0.285. The van der Waals surface area contributed by atoms with Crippen LogP contribution in [0, 0.1) is 17.3 Å². The van der Waals surface area contributed by atoms with Gasteiger partial charge in [-0.15, -0.1) is 0 Å². The fourth-order valence-electron chi connectivity index (χ4n) is 3.60. The van der Waals surface area contributed by atoms with Crippen LogP contribution in [0.5, 0.6) is 0 Å². The summed E-state index contributed by atoms with van der Waals surface area (Å²) in [6, 6.07) is 0.223. The van der Waals surface area contributed by atoms with Crippen molar-refractivity contribution in [2.45, 2.75) is 46.6 Å². The molecule has 2 aliphatic rings. The lowest BCUT2D eigenvalue weighted by Gasteiger charge is -2.31. The van der Waals surface area contributed by atoms with Gasteiger partial charge >= 0.3 is 0 Å². The summed E-state index contributed by atoms with van der Waals surface area (Å²) in [6.45, 7) is 10.4. The van der Waals surface area contributed by atoms with Gasteiger partial charge in [-0.2, -0.15) is 0 Å². The van der Waals surface area contributed by atoms with Gasteiger partial charge < -0.3 is 11.1 Å². The Balaban J connectivity index is 1.82. The minimum Gasteiger partial charge on any atom is -0.369 e. The Hall–Kier alpha value is -1.36. The van der Waals surface area contributed by atoms with Gasteiger partial charge in [0.1, 0.15) is 0 Å². The Kier molecular flexibility index (Phi) is 4.95. The summed E-state index contributed by atoms with van der Waals surface area (Å²) in [5.41, 5.74) is 6.55. The highest BCUT2D eigenvalue weighted by molar-refractivity contribution is 5.84. The number of amides is 2. The zero-order valence-corrected chi connectivity index (χ0v) is 14.2. The van der Waals surface area contributed by atoms with Crippen molar-refractivity contribution < 1.29 is 9.59 Å². The van der Waals surface area contributed by atoms with E-state index in [2.05, 4.69) is 44.0 Å². The van der Waals surface area contributed by atoms with Crippen molar-refractivity contribution in [3.8, 4) is 0 Å². The first-order valence-corrected chi connectivity index (χ1v) is 8.18. The molecule has 0 radical (unpaired) electrons. The average Bonchev–Trinajstić information content (AvgIpc) is 2.91. The lowest BCUT2D eigenvalue weighted by Crippen LogP contribution is -2.47. The summed E-state index contributed by atoms with van der Waals surface area (Å²) >= 11 is 0. The van der Waals surface area contributed by atoms with Crippen LogP contribution < -0.4 is 11.1 Å². The maximum atomic E-state index is 12.5. The van der Waals surface area contributed by atoms with Gasteiger partial charge in [0.25, 0.3) is 0 Å². The van der Waals surface area contributed by atoms with E-state index in [1.165, 1.54) is 5.57 Å². The molecule has 5 heteroatoms. The number of allylic oxidation sites excluding steroid dienone is 2. The van der Waals surface area contributed by atoms with Crippen LogP contribution in [-0.4, -0.2) is 42.4 Å². The van der Waals surface area contributed by atoms with Gasteiger partial charge in [0.05, 0.1) is 12.5 Å². The number of nitrogens with two attached hydrogens (primary N) is 1. The average molecular weight is 307 g/mol. The molecule has 0 aromatic carbocycles. The van der Waals surface area contributed by atoms with Crippen LogP contribution in [0.4, 0.5) is 0 Å². The van der Waals surface area contributed by atoms with E-state index in [4.69, 9.17) is 5.73 Å². The van der Waals surface area contributed by atoms with Gasteiger partial charge in [-0.1, -0.05) is 25.5 Å². The molecule has 1 heterocycles. The predicted molar refractivity (Wildman–Crippen MR) is 87.0 cm³/mol. The SMILES string of the molecule is CC(C)=C[C@H]1[C@H](C(=O)NC2CCN(CC(N)=O)CC2)C1(C)C. The summed E-state index contributed by atoms with van der Waals surface area (Å²) < 4.78 is 0. The standard InChI is InChI=1S/C17H29N3O2/c1-11(2)9-13-15(17(13,3)4)16(22)19-12-5-7-20(8-6-12)10-14(18)21/h9,12-13,15H,5-8,10H2,1-4H3,(H2,18,21)(H,19,22)/t13-,15+/m0/s1. The monoisotopic (exact) mass is 307 g/mol. The number of hydrogen-bond donors (Lipinski definition) is 2. The molecule has 124 valence electrons. The highest BCUT2D eigenvalue weighted by Crippen LogP contribution is 2.59. The van der Waals surface area contributed by atoms with Gasteiger partial charge in [-0.05, 0) is 38.0 Å². The van der Waals surface area contributed by atoms with E-state index in [1.807, 2.05) is 0 Å². The van der Waals surface area contributed by atoms with Gasteiger partial charge in [0, 0.05) is 19.1 Å². The van der Waals surface area contributed by atoms with Crippen molar-refractivity contribution in [3.63, 3.8) is 0 Å². The molecular weight excluding hydrogens is 278 g/mol. The van der Waals surface area contributed by atoms with Crippen LogP contribution in [0.1, 0.15) is 40.5 Å². The van der Waals surface area contributed by atoms with Crippen LogP contribution in [0.25, 0.3) is 0 Å². The van der Waals surface area contributed by atoms with E-state index < -0.39 is 0 Å². The quantitative estimate of drug-likeness (QED) is 0.752. The summed E-state index contributed by atoms with van der Waals surface area (Å²) in [6.07, 6.45) is 4.00. The first-order chi connectivity index (χ1) is 10.2. The molecule has 2 amide bonds. The second-order valence-electron chi connectivity index (χ2n) is 7.59. The molecule has 1 saturated heterocycles. The molecule has 3 N–H and O–H groups in total. The molecule has 0 spiro atoms. The number of primary amides is 1. The van der Waals surface area contributed by atoms with Crippen LogP contribution >= 0.6 is 0 Å². The number of piperidine rings is 1. The van der Waals surface area contributed by atoms with Crippen LogP contribution in [0.15, 0.2) is 11.6 Å². The van der Waals surface area contributed by atoms with E-state index >= 15 is 0 Å². The summed E-state index contributed by atoms with van der Waals surface area (Å²) in [4.78, 5) is 25.5. The molecule has 0 aromatic rings. The van der Waals surface area contributed by atoms with Crippen LogP contribution in [0.3, 0.4) is 0 Å². The molecular formula is C17H29N3O2. The van der Waals surface area contributed by atoms with Gasteiger partial charge in [-0.25, -0.2) is 0 Å². The van der Waals surface area contributed by atoms with E-state index in [9.17, 15) is 9.59 Å². The minimum absolute atomic E-state index is 0.0635. The van der Waals surface area contributed by atoms with Crippen LogP contribution in [0.2, 0.25) is 0 Å². The van der Waals surface area contributed by atoms with Crippen molar-refractivity contribution in [1.82, 2.24) is 10.2 Å². The number of nitrogens with one attached hydrogen (secondary N) is 1. The van der Waals surface area contributed by atoms with Gasteiger partial charge in [0.2, 0.25) is 11.8 Å². The Morgan fingerprint density at radius 2 is 1.86 bits per heavy atom. The molecule has 0 bridgehead atoms. The molecule has 2 fully saturated rings. The normalized spacial score (nSPS) is 28.0. The van der Waals surface area contributed by atoms with Crippen molar-refractivity contribution in [2.24, 2.45) is 23.0 Å². The summed E-state index contributed by atoms with van der Waals surface area (Å²) in [7, 11) is 0. The first kappa shape index (κ1) is 17.0. The maximum absolute atomic E-state index is 12.5. The zero-order valence-electron chi connectivity index (χ0n) is 14.2. The third-order valence-electron chi connectivity index (χ3n) is 5.02. The Morgan fingerprint density at radius 1 is 1.27 bits per heavy atom. The third-order valence-corrected chi connectivity index (χ3v) is 5.02. The second-order valence-corrected chi connectivity index (χ2v) is 7.59. The second kappa shape index (κ2) is 6.41. The lowest BCUT2D eigenvalue weighted by molar-refractivity contribution is -0.124. The fourth-order valence-corrected chi connectivity index (χ4v) is 3.60. The fraction of sp³-hybridized carbons (Fsp3) is 0.765. The van der Waals surface area contributed by atoms with E-state index in [1.54, 1.807) is 0 Å². The van der Waals surface area contributed by atoms with Crippen molar-refractivity contribution in [1.29, 1.82) is 0 Å². The van der Waals surface area contributed by atoms with Crippen molar-refractivity contribution in [2.75, 3.05) is 19.6 Å². The van der Waals surface area contributed by atoms with Gasteiger partial charge in [0.15, 0.2) is 0 Å². The molecule has 1 saturated carbocycles. The maximum Gasteiger partial charge on any atom is 0.231 e. The third kappa shape index (κ3) is 3.88. The molecule has 2 atom stereocenters. The molecule has 0 unspecified atom stereocenters. The molecule has 1 aliphatic heterocycles. The first-order valence-electron chi connectivity index (χ1n) is 8.18. The topological polar surface area (TPSA) is 75.4 Å². The van der Waals surface area contributed by atoms with E-state index in [0.29, 0.717) is 12.5 Å². The molecule has 22 heavy (non-hydrogen) atoms. The highest BCUT2D eigenvalue weighted by atomic mass is 16.2. The van der Waals surface area contributed by atoms with E-state index in [-0.39, 0.29) is 29.2 Å². The molecule has 2 rings (SSSR count). The molecule has 1 aliphatic carbocycles. The Morgan fingerprint density at radius 3 is 2.36 bits per heavy atom. The summed E-state index contributed by atoms with van der Waals surface area (Å²) in [5.74, 6) is 0.339. The van der Waals surface area contributed by atoms with Gasteiger partial charge in [-0.3, -0.25) is 14.5 Å². The smallest absolute Gasteiger partial charge is 0.231 e. The number of hydrogen-bond acceptors (Lipinski definition) is 3. The summed E-state index contributed by atoms with van der Waals surface area (Å²) in [5, 5.41) is 3.20. The molecule has 0 aromatic heterocycles. The predicted octanol–water partition coefficient (Wildman–Crippen LogP) is 1.29. The van der Waals surface area contributed by atoms with Crippen molar-refractivity contribution in [3.05, 3.63) is 11.6 Å². The zero-order chi connectivity index (χ0) is 16.5. The number of carbonyl (C=O) groups excluding carboxylic acids is 2. The number of nitrogens with zero attached hydrogens (tertiary/aromatic N) is 1. The Labute approximate surface area is 133 Å². The Bertz CT molecular complexity index is 472. The molecule has 5 nitrogen and oxygen atoms in total. The van der Waals surface area contributed by atoms with Crippen LogP contribution in [-0.2, 0) is 9.59 Å². The largest absolute Gasteiger partial charge is 0.369 e. The van der Waals surface area contributed by atoms with Crippen molar-refractivity contribution >= 4 is 11.8 Å². The number of carbonyl (C=O) groups is 2. The lowest BCUT2D eigenvalue weighted by atomic mass is 10.0. The number of rotatable bonds is 5. The number of likely N-dealkylation sites (tertiary alicyclic amines) is 1. The van der Waals surface area contributed by atoms with E-state index in [0.717, 1.165) is 25.9 Å². The highest BCUT2D eigenvalue weighted by Gasteiger charge is 2.60.